The summed E-state index contributed by atoms with van der Waals surface area (Å²) in [5, 5.41) is 11.3. The highest BCUT2D eigenvalue weighted by molar-refractivity contribution is 6.16. The summed E-state index contributed by atoms with van der Waals surface area (Å²) in [7, 11) is 0. The third kappa shape index (κ3) is 1.90. The van der Waals surface area contributed by atoms with Crippen molar-refractivity contribution in [2.45, 2.75) is 18.8 Å². The van der Waals surface area contributed by atoms with Gasteiger partial charge in [0.05, 0.1) is 5.88 Å². The quantitative estimate of drug-likeness (QED) is 0.698. The summed E-state index contributed by atoms with van der Waals surface area (Å²) < 4.78 is 6.48. The zero-order chi connectivity index (χ0) is 9.80. The van der Waals surface area contributed by atoms with Gasteiger partial charge in [-0.25, -0.2) is 0 Å². The zero-order valence-corrected chi connectivity index (χ0v) is 8.05. The van der Waals surface area contributed by atoms with Gasteiger partial charge in [-0.05, 0) is 0 Å². The molecule has 0 N–H and O–H groups in total. The molecule has 0 bridgehead atoms. The first-order valence-corrected chi connectivity index (χ1v) is 4.61. The molecule has 2 heterocycles. The van der Waals surface area contributed by atoms with Crippen molar-refractivity contribution >= 4 is 11.6 Å². The SMILES string of the molecule is ClCc1nncn1CCc1ncon1. The van der Waals surface area contributed by atoms with Crippen LogP contribution < -0.4 is 0 Å². The van der Waals surface area contributed by atoms with E-state index in [9.17, 15) is 0 Å². The molecule has 0 aliphatic rings. The molecule has 0 aromatic carbocycles. The molecule has 14 heavy (non-hydrogen) atoms. The van der Waals surface area contributed by atoms with Crippen molar-refractivity contribution in [3.05, 3.63) is 24.4 Å². The molecule has 74 valence electrons. The summed E-state index contributed by atoms with van der Waals surface area (Å²) in [6.07, 6.45) is 3.63. The molecule has 0 saturated heterocycles. The van der Waals surface area contributed by atoms with Crippen molar-refractivity contribution in [2.24, 2.45) is 0 Å². The highest BCUT2D eigenvalue weighted by atomic mass is 35.5. The van der Waals surface area contributed by atoms with E-state index < -0.39 is 0 Å². The van der Waals surface area contributed by atoms with Crippen LogP contribution >= 0.6 is 11.6 Å². The van der Waals surface area contributed by atoms with Crippen molar-refractivity contribution in [3.8, 4) is 0 Å². The van der Waals surface area contributed by atoms with Gasteiger partial charge in [-0.3, -0.25) is 0 Å². The molecule has 2 aromatic heterocycles. The number of rotatable bonds is 4. The van der Waals surface area contributed by atoms with E-state index in [2.05, 4.69) is 24.9 Å². The fourth-order valence-electron chi connectivity index (χ4n) is 1.09. The summed E-state index contributed by atoms with van der Waals surface area (Å²) in [6, 6.07) is 0. The molecule has 0 unspecified atom stereocenters. The van der Waals surface area contributed by atoms with Crippen LogP contribution in [0, 0.1) is 0 Å². The van der Waals surface area contributed by atoms with Crippen molar-refractivity contribution < 1.29 is 4.52 Å². The van der Waals surface area contributed by atoms with E-state index in [4.69, 9.17) is 11.6 Å². The monoisotopic (exact) mass is 213 g/mol. The molecular weight excluding hydrogens is 206 g/mol. The van der Waals surface area contributed by atoms with Crippen molar-refractivity contribution in [3.63, 3.8) is 0 Å². The van der Waals surface area contributed by atoms with Crippen LogP contribution in [0.3, 0.4) is 0 Å². The Kier molecular flexibility index (Phi) is 2.73. The molecule has 0 fully saturated rings. The predicted molar refractivity (Wildman–Crippen MR) is 47.6 cm³/mol. The topological polar surface area (TPSA) is 69.6 Å². The van der Waals surface area contributed by atoms with Crippen molar-refractivity contribution in [1.82, 2.24) is 24.9 Å². The van der Waals surface area contributed by atoms with Crippen molar-refractivity contribution in [1.29, 1.82) is 0 Å². The second kappa shape index (κ2) is 4.19. The first-order chi connectivity index (χ1) is 6.90. The van der Waals surface area contributed by atoms with Gasteiger partial charge in [0, 0.05) is 13.0 Å². The fraction of sp³-hybridized carbons (Fsp3) is 0.429. The predicted octanol–water partition coefficient (Wildman–Crippen LogP) is 0.643. The normalized spacial score (nSPS) is 10.6. The number of halogens is 1. The van der Waals surface area contributed by atoms with Crippen LogP contribution in [0.15, 0.2) is 17.2 Å². The second-order valence-corrected chi connectivity index (χ2v) is 2.94. The van der Waals surface area contributed by atoms with Crippen molar-refractivity contribution in [2.75, 3.05) is 0 Å². The zero-order valence-electron chi connectivity index (χ0n) is 7.30. The van der Waals surface area contributed by atoms with E-state index in [0.29, 0.717) is 24.7 Å². The van der Waals surface area contributed by atoms with Gasteiger partial charge < -0.3 is 9.09 Å². The second-order valence-electron chi connectivity index (χ2n) is 2.67. The first-order valence-electron chi connectivity index (χ1n) is 4.08. The van der Waals surface area contributed by atoms with Gasteiger partial charge >= 0.3 is 0 Å². The van der Waals surface area contributed by atoms with Gasteiger partial charge in [0.1, 0.15) is 12.2 Å². The lowest BCUT2D eigenvalue weighted by molar-refractivity contribution is 0.408. The Balaban J connectivity index is 1.98. The summed E-state index contributed by atoms with van der Waals surface area (Å²) in [6.45, 7) is 0.703. The summed E-state index contributed by atoms with van der Waals surface area (Å²) >= 11 is 5.66. The molecule has 0 radical (unpaired) electrons. The Bertz CT molecular complexity index is 384. The standard InChI is InChI=1S/C7H8ClN5O/c8-3-7-11-10-4-13(7)2-1-6-9-5-14-12-6/h4-5H,1-3H2. The summed E-state index contributed by atoms with van der Waals surface area (Å²) in [4.78, 5) is 3.91. The van der Waals surface area contributed by atoms with Gasteiger partial charge in [-0.15, -0.1) is 21.8 Å². The average molecular weight is 214 g/mol. The Labute approximate surface area is 84.9 Å². The third-order valence-corrected chi connectivity index (χ3v) is 2.04. The third-order valence-electron chi connectivity index (χ3n) is 1.80. The van der Waals surface area contributed by atoms with E-state index in [1.165, 1.54) is 6.39 Å². The van der Waals surface area contributed by atoms with Crippen LogP contribution in [-0.2, 0) is 18.8 Å². The highest BCUT2D eigenvalue weighted by Crippen LogP contribution is 2.01. The highest BCUT2D eigenvalue weighted by Gasteiger charge is 2.04. The van der Waals surface area contributed by atoms with Gasteiger partial charge in [-0.1, -0.05) is 5.16 Å². The lowest BCUT2D eigenvalue weighted by Crippen LogP contribution is -2.04. The van der Waals surface area contributed by atoms with E-state index in [1.807, 2.05) is 4.57 Å². The smallest absolute Gasteiger partial charge is 0.213 e. The summed E-state index contributed by atoms with van der Waals surface area (Å²) in [5.74, 6) is 1.76. The van der Waals surface area contributed by atoms with E-state index in [-0.39, 0.29) is 0 Å². The maximum Gasteiger partial charge on any atom is 0.213 e. The molecular formula is C7H8ClN5O. The van der Waals surface area contributed by atoms with Gasteiger partial charge in [0.2, 0.25) is 6.39 Å². The Morgan fingerprint density at radius 1 is 1.50 bits per heavy atom. The Hall–Kier alpha value is -1.43. The molecule has 0 spiro atoms. The minimum Gasteiger partial charge on any atom is -0.343 e. The molecule has 0 saturated carbocycles. The van der Waals surface area contributed by atoms with Gasteiger partial charge in [0.15, 0.2) is 5.82 Å². The van der Waals surface area contributed by atoms with Crippen LogP contribution in [0.1, 0.15) is 11.6 Å². The molecule has 6 nitrogen and oxygen atoms in total. The van der Waals surface area contributed by atoms with E-state index >= 15 is 0 Å². The minimum absolute atomic E-state index is 0.353. The van der Waals surface area contributed by atoms with Crippen LogP contribution in [0.5, 0.6) is 0 Å². The molecule has 2 rings (SSSR count). The first kappa shape index (κ1) is 9.14. The largest absolute Gasteiger partial charge is 0.343 e. The van der Waals surface area contributed by atoms with Crippen LogP contribution in [0.4, 0.5) is 0 Å². The maximum absolute atomic E-state index is 5.66. The van der Waals surface area contributed by atoms with E-state index in [0.717, 1.165) is 5.82 Å². The maximum atomic E-state index is 5.66. The van der Waals surface area contributed by atoms with Crippen LogP contribution in [0.25, 0.3) is 0 Å². The number of hydrogen-bond acceptors (Lipinski definition) is 5. The molecule has 0 amide bonds. The molecule has 0 aliphatic carbocycles. The molecule has 0 aliphatic heterocycles. The van der Waals surface area contributed by atoms with Crippen LogP contribution in [0.2, 0.25) is 0 Å². The lowest BCUT2D eigenvalue weighted by Gasteiger charge is -2.00. The lowest BCUT2D eigenvalue weighted by atomic mass is 10.4. The Morgan fingerprint density at radius 2 is 2.43 bits per heavy atom. The van der Waals surface area contributed by atoms with E-state index in [1.54, 1.807) is 6.33 Å². The fourth-order valence-corrected chi connectivity index (χ4v) is 1.30. The molecule has 2 aromatic rings. The summed E-state index contributed by atoms with van der Waals surface area (Å²) in [5.41, 5.74) is 0. The number of aryl methyl sites for hydroxylation is 2. The average Bonchev–Trinajstić information content (AvgIpc) is 2.85. The molecule has 0 atom stereocenters. The minimum atomic E-state index is 0.353. The van der Waals surface area contributed by atoms with Crippen LogP contribution in [-0.4, -0.2) is 24.9 Å². The number of nitrogens with zero attached hydrogens (tertiary/aromatic N) is 5. The number of aromatic nitrogens is 5. The van der Waals surface area contributed by atoms with Gasteiger partial charge in [0.25, 0.3) is 0 Å². The van der Waals surface area contributed by atoms with Gasteiger partial charge in [-0.2, -0.15) is 4.98 Å². The number of alkyl halides is 1. The Morgan fingerprint density at radius 3 is 3.14 bits per heavy atom. The molecule has 7 heteroatoms. The number of hydrogen-bond donors (Lipinski definition) is 0.